The van der Waals surface area contributed by atoms with Gasteiger partial charge in [0, 0.05) is 31.2 Å². The molecule has 126 valence electrons. The first-order valence-electron chi connectivity index (χ1n) is 6.97. The lowest BCUT2D eigenvalue weighted by Crippen LogP contribution is -2.48. The maximum Gasteiger partial charge on any atom is 0.433 e. The number of esters is 1. The van der Waals surface area contributed by atoms with Gasteiger partial charge < -0.3 is 9.64 Å². The largest absolute Gasteiger partial charge is 0.468 e. The molecular formula is C13H14ClF3N4O2. The van der Waals surface area contributed by atoms with Gasteiger partial charge in [-0.25, -0.2) is 9.97 Å². The van der Waals surface area contributed by atoms with E-state index >= 15 is 0 Å². The zero-order chi connectivity index (χ0) is 16.8. The van der Waals surface area contributed by atoms with Crippen LogP contribution in [0, 0.1) is 0 Å². The number of hydrogen-bond donors (Lipinski definition) is 0. The molecule has 2 bridgehead atoms. The summed E-state index contributed by atoms with van der Waals surface area (Å²) in [6.07, 6.45) is -3.81. The highest BCUT2D eigenvalue weighted by Crippen LogP contribution is 2.36. The number of nitrogens with zero attached hydrogens (tertiary/aromatic N) is 4. The molecule has 3 rings (SSSR count). The third-order valence-corrected chi connectivity index (χ3v) is 4.35. The number of aromatic nitrogens is 2. The highest BCUT2D eigenvalue weighted by Gasteiger charge is 2.45. The van der Waals surface area contributed by atoms with Crippen molar-refractivity contribution in [3.63, 3.8) is 0 Å². The van der Waals surface area contributed by atoms with Crippen LogP contribution in [0.3, 0.4) is 0 Å². The van der Waals surface area contributed by atoms with Gasteiger partial charge in [-0.1, -0.05) is 0 Å². The maximum absolute atomic E-state index is 12.8. The van der Waals surface area contributed by atoms with Crippen molar-refractivity contribution in [2.24, 2.45) is 0 Å². The summed E-state index contributed by atoms with van der Waals surface area (Å²) >= 11 is 5.63. The Morgan fingerprint density at radius 1 is 1.39 bits per heavy atom. The van der Waals surface area contributed by atoms with Crippen LogP contribution in [0.25, 0.3) is 0 Å². The normalized spacial score (nSPS) is 24.3. The molecule has 2 atom stereocenters. The van der Waals surface area contributed by atoms with Gasteiger partial charge in [-0.3, -0.25) is 9.69 Å². The summed E-state index contributed by atoms with van der Waals surface area (Å²) in [6, 6.07) is 0.996. The van der Waals surface area contributed by atoms with Crippen LogP contribution in [-0.4, -0.2) is 59.7 Å². The molecule has 0 aliphatic carbocycles. The van der Waals surface area contributed by atoms with E-state index in [9.17, 15) is 18.0 Å². The third-order valence-electron chi connectivity index (χ3n) is 4.18. The lowest BCUT2D eigenvalue weighted by Gasteiger charge is -2.34. The molecule has 0 spiro atoms. The molecule has 0 aromatic carbocycles. The highest BCUT2D eigenvalue weighted by molar-refractivity contribution is 6.28. The average Bonchev–Trinajstić information content (AvgIpc) is 3.05. The average molecular weight is 351 g/mol. The number of methoxy groups -OCH3 is 1. The summed E-state index contributed by atoms with van der Waals surface area (Å²) in [5.41, 5.74) is -1.05. The Hall–Kier alpha value is -1.61. The molecular weight excluding hydrogens is 337 g/mol. The number of ether oxygens (including phenoxy) is 1. The monoisotopic (exact) mass is 350 g/mol. The van der Waals surface area contributed by atoms with Gasteiger partial charge in [0.15, 0.2) is 5.69 Å². The number of likely N-dealkylation sites (tertiary alicyclic amines) is 1. The topological polar surface area (TPSA) is 58.6 Å². The Kier molecular flexibility index (Phi) is 4.09. The van der Waals surface area contributed by atoms with E-state index in [0.717, 1.165) is 12.5 Å². The second-order valence-electron chi connectivity index (χ2n) is 5.58. The summed E-state index contributed by atoms with van der Waals surface area (Å²) in [6.45, 7) is 1.25. The van der Waals surface area contributed by atoms with Crippen molar-refractivity contribution < 1.29 is 22.7 Å². The summed E-state index contributed by atoms with van der Waals surface area (Å²) in [7, 11) is 1.32. The van der Waals surface area contributed by atoms with Crippen molar-refractivity contribution in [2.75, 3.05) is 31.6 Å². The summed E-state index contributed by atoms with van der Waals surface area (Å²) in [5, 5.41) is -0.427. The molecule has 0 saturated carbocycles. The number of carbonyl (C=O) groups excluding carboxylic acids is 1. The zero-order valence-corrected chi connectivity index (χ0v) is 12.9. The highest BCUT2D eigenvalue weighted by atomic mass is 35.5. The predicted octanol–water partition coefficient (Wildman–Crippen LogP) is 1.58. The van der Waals surface area contributed by atoms with Crippen LogP contribution in [0.2, 0.25) is 5.28 Å². The Labute approximate surface area is 135 Å². The molecule has 3 heterocycles. The Bertz CT molecular complexity index is 628. The Morgan fingerprint density at radius 3 is 2.70 bits per heavy atom. The minimum absolute atomic E-state index is 0.00305. The third kappa shape index (κ3) is 3.20. The molecule has 0 N–H and O–H groups in total. The van der Waals surface area contributed by atoms with Crippen LogP contribution in [0.4, 0.5) is 19.0 Å². The number of carbonyl (C=O) groups is 1. The lowest BCUT2D eigenvalue weighted by molar-refractivity contribution is -0.142. The maximum atomic E-state index is 12.8. The number of rotatable bonds is 3. The molecule has 1 aromatic rings. The van der Waals surface area contributed by atoms with Gasteiger partial charge in [0.1, 0.15) is 5.82 Å². The van der Waals surface area contributed by atoms with E-state index in [0.29, 0.717) is 13.1 Å². The van der Waals surface area contributed by atoms with Gasteiger partial charge in [0.25, 0.3) is 0 Å². The molecule has 2 aliphatic heterocycles. The number of piperazine rings is 1. The molecule has 23 heavy (non-hydrogen) atoms. The van der Waals surface area contributed by atoms with Gasteiger partial charge >= 0.3 is 12.1 Å². The van der Waals surface area contributed by atoms with E-state index in [1.807, 2.05) is 4.90 Å². The van der Waals surface area contributed by atoms with Crippen molar-refractivity contribution in [2.45, 2.75) is 24.7 Å². The predicted molar refractivity (Wildman–Crippen MR) is 75.2 cm³/mol. The molecule has 1 aromatic heterocycles. The van der Waals surface area contributed by atoms with Crippen LogP contribution in [0.15, 0.2) is 6.07 Å². The first-order chi connectivity index (χ1) is 10.8. The van der Waals surface area contributed by atoms with Gasteiger partial charge in [-0.2, -0.15) is 13.2 Å². The molecule has 2 aliphatic rings. The summed E-state index contributed by atoms with van der Waals surface area (Å²) in [5.74, 6) is -0.156. The van der Waals surface area contributed by atoms with Gasteiger partial charge in [0.05, 0.1) is 13.7 Å². The summed E-state index contributed by atoms with van der Waals surface area (Å²) in [4.78, 5) is 22.3. The fourth-order valence-electron chi connectivity index (χ4n) is 3.15. The Balaban J connectivity index is 1.76. The number of alkyl halides is 3. The molecule has 10 heteroatoms. The summed E-state index contributed by atoms with van der Waals surface area (Å²) < 4.78 is 43.2. The molecule has 6 nitrogen and oxygen atoms in total. The standard InChI is InChI=1S/C13H14ClF3N4O2/c1-23-11(22)6-20-4-8-2-7(20)5-21(8)10-3-9(13(15,16)17)18-12(14)19-10/h3,7-8H,2,4-6H2,1H3/t7-,8-/m1/s1. The van der Waals surface area contributed by atoms with E-state index in [4.69, 9.17) is 11.6 Å². The molecule has 0 unspecified atom stereocenters. The van der Waals surface area contributed by atoms with Crippen molar-refractivity contribution in [3.8, 4) is 0 Å². The van der Waals surface area contributed by atoms with Crippen LogP contribution in [0.1, 0.15) is 12.1 Å². The Morgan fingerprint density at radius 2 is 2.13 bits per heavy atom. The smallest absolute Gasteiger partial charge is 0.433 e. The van der Waals surface area contributed by atoms with Crippen LogP contribution >= 0.6 is 11.6 Å². The molecule has 0 radical (unpaired) electrons. The molecule has 2 fully saturated rings. The fraction of sp³-hybridized carbons (Fsp3) is 0.615. The minimum atomic E-state index is -4.57. The first kappa shape index (κ1) is 16.3. The van der Waals surface area contributed by atoms with E-state index < -0.39 is 17.2 Å². The van der Waals surface area contributed by atoms with Gasteiger partial charge in [-0.05, 0) is 18.0 Å². The van der Waals surface area contributed by atoms with Crippen LogP contribution in [-0.2, 0) is 15.7 Å². The van der Waals surface area contributed by atoms with E-state index in [2.05, 4.69) is 14.7 Å². The van der Waals surface area contributed by atoms with Crippen molar-refractivity contribution in [1.82, 2.24) is 14.9 Å². The SMILES string of the molecule is COC(=O)CN1C[C@H]2C[C@@H]1CN2c1cc(C(F)(F)F)nc(Cl)n1. The van der Waals surface area contributed by atoms with Gasteiger partial charge in [-0.15, -0.1) is 0 Å². The van der Waals surface area contributed by atoms with Crippen molar-refractivity contribution in [1.29, 1.82) is 0 Å². The van der Waals surface area contributed by atoms with Crippen molar-refractivity contribution >= 4 is 23.4 Å². The number of fused-ring (bicyclic) bond motifs is 2. The second kappa shape index (κ2) is 5.79. The minimum Gasteiger partial charge on any atom is -0.468 e. The number of hydrogen-bond acceptors (Lipinski definition) is 6. The van der Waals surface area contributed by atoms with E-state index in [1.165, 1.54) is 7.11 Å². The lowest BCUT2D eigenvalue weighted by atomic mass is 10.2. The number of halogens is 4. The number of anilines is 1. The van der Waals surface area contributed by atoms with Crippen molar-refractivity contribution in [3.05, 3.63) is 17.0 Å². The quantitative estimate of drug-likeness (QED) is 0.609. The molecule has 0 amide bonds. The van der Waals surface area contributed by atoms with Crippen LogP contribution < -0.4 is 4.90 Å². The fourth-order valence-corrected chi connectivity index (χ4v) is 3.33. The molecule has 2 saturated heterocycles. The second-order valence-corrected chi connectivity index (χ2v) is 5.92. The zero-order valence-electron chi connectivity index (χ0n) is 12.2. The van der Waals surface area contributed by atoms with Gasteiger partial charge in [0.2, 0.25) is 5.28 Å². The first-order valence-corrected chi connectivity index (χ1v) is 7.35. The van der Waals surface area contributed by atoms with Crippen LogP contribution in [0.5, 0.6) is 0 Å². The van der Waals surface area contributed by atoms with E-state index in [1.54, 1.807) is 4.90 Å². The van der Waals surface area contributed by atoms with E-state index in [-0.39, 0.29) is 30.4 Å².